The van der Waals surface area contributed by atoms with Crippen LogP contribution in [0.4, 0.5) is 10.1 Å². The summed E-state index contributed by atoms with van der Waals surface area (Å²) < 4.78 is 13.1. The number of anilines is 1. The van der Waals surface area contributed by atoms with Crippen molar-refractivity contribution in [2.24, 2.45) is 0 Å². The molecule has 0 spiro atoms. The minimum Gasteiger partial charge on any atom is -0.361 e. The van der Waals surface area contributed by atoms with Crippen LogP contribution in [0.25, 0.3) is 10.9 Å². The zero-order chi connectivity index (χ0) is 20.1. The summed E-state index contributed by atoms with van der Waals surface area (Å²) in [7, 11) is 0. The second kappa shape index (κ2) is 8.71. The van der Waals surface area contributed by atoms with E-state index in [1.54, 1.807) is 12.1 Å². The summed E-state index contributed by atoms with van der Waals surface area (Å²) in [5, 5.41) is 6.17. The number of fused-ring (bicyclic) bond motifs is 1. The van der Waals surface area contributed by atoms with Crippen molar-refractivity contribution in [1.82, 2.24) is 4.98 Å². The van der Waals surface area contributed by atoms with Crippen LogP contribution in [0.2, 0.25) is 0 Å². The predicted octanol–water partition coefficient (Wildman–Crippen LogP) is 3.79. The zero-order valence-electron chi connectivity index (χ0n) is 15.9. The van der Waals surface area contributed by atoms with Crippen molar-refractivity contribution < 1.29 is 14.5 Å². The van der Waals surface area contributed by atoms with Crippen LogP contribution in [-0.2, 0) is 11.2 Å². The Morgan fingerprint density at radius 2 is 1.69 bits per heavy atom. The standard InChI is InChI=1S/C24H22FN3O/c25-19-10-12-20(13-11-19)28-24(29)23(17-6-2-1-3-7-17)26-15-14-18-16-27-22-9-5-4-8-21(18)22/h1-13,16,23,26-27H,14-15H2,(H,28,29)/p+1/t23-/m1/s1. The quantitative estimate of drug-likeness (QED) is 0.443. The molecule has 29 heavy (non-hydrogen) atoms. The Kier molecular flexibility index (Phi) is 5.68. The lowest BCUT2D eigenvalue weighted by molar-refractivity contribution is -0.682. The van der Waals surface area contributed by atoms with E-state index in [2.05, 4.69) is 27.8 Å². The average molecular weight is 388 g/mol. The first-order chi connectivity index (χ1) is 14.2. The number of amides is 1. The highest BCUT2D eigenvalue weighted by atomic mass is 19.1. The predicted molar refractivity (Wildman–Crippen MR) is 113 cm³/mol. The molecule has 5 heteroatoms. The molecule has 0 radical (unpaired) electrons. The summed E-state index contributed by atoms with van der Waals surface area (Å²) in [6, 6.07) is 23.4. The second-order valence-corrected chi connectivity index (χ2v) is 7.02. The number of nitrogens with one attached hydrogen (secondary N) is 2. The maximum absolute atomic E-state index is 13.1. The fourth-order valence-electron chi connectivity index (χ4n) is 3.55. The molecule has 1 aromatic heterocycles. The Balaban J connectivity index is 1.47. The maximum Gasteiger partial charge on any atom is 0.287 e. The Bertz CT molecular complexity index is 1090. The first kappa shape index (κ1) is 18.9. The molecule has 0 bridgehead atoms. The molecule has 0 aliphatic heterocycles. The van der Waals surface area contributed by atoms with Gasteiger partial charge in [-0.05, 0) is 35.9 Å². The maximum atomic E-state index is 13.1. The van der Waals surface area contributed by atoms with Crippen molar-refractivity contribution in [2.75, 3.05) is 11.9 Å². The van der Waals surface area contributed by atoms with E-state index in [-0.39, 0.29) is 17.8 Å². The summed E-state index contributed by atoms with van der Waals surface area (Å²) in [4.78, 5) is 16.3. The van der Waals surface area contributed by atoms with Crippen molar-refractivity contribution in [1.29, 1.82) is 0 Å². The van der Waals surface area contributed by atoms with Gasteiger partial charge >= 0.3 is 0 Å². The summed E-state index contributed by atoms with van der Waals surface area (Å²) in [5.41, 5.74) is 3.88. The van der Waals surface area contributed by atoms with Gasteiger partial charge < -0.3 is 15.6 Å². The smallest absolute Gasteiger partial charge is 0.287 e. The number of hydrogen-bond donors (Lipinski definition) is 3. The van der Waals surface area contributed by atoms with E-state index in [4.69, 9.17) is 0 Å². The van der Waals surface area contributed by atoms with E-state index in [0.717, 1.165) is 24.0 Å². The molecule has 4 nitrogen and oxygen atoms in total. The second-order valence-electron chi connectivity index (χ2n) is 7.02. The molecule has 0 aliphatic rings. The van der Waals surface area contributed by atoms with Gasteiger partial charge in [0.05, 0.1) is 6.54 Å². The molecule has 0 saturated heterocycles. The van der Waals surface area contributed by atoms with Crippen molar-refractivity contribution >= 4 is 22.5 Å². The fraction of sp³-hybridized carbons (Fsp3) is 0.125. The van der Waals surface area contributed by atoms with Crippen LogP contribution in [-0.4, -0.2) is 17.4 Å². The van der Waals surface area contributed by atoms with Crippen LogP contribution in [0.5, 0.6) is 0 Å². The van der Waals surface area contributed by atoms with Crippen LogP contribution < -0.4 is 10.6 Å². The molecular formula is C24H23FN3O+. The molecule has 0 saturated carbocycles. The molecule has 0 fully saturated rings. The van der Waals surface area contributed by atoms with Gasteiger partial charge in [-0.15, -0.1) is 0 Å². The van der Waals surface area contributed by atoms with Gasteiger partial charge in [0, 0.05) is 34.8 Å². The number of rotatable bonds is 7. The number of H-pyrrole nitrogens is 1. The van der Waals surface area contributed by atoms with Gasteiger partial charge in [-0.2, -0.15) is 0 Å². The summed E-state index contributed by atoms with van der Waals surface area (Å²) in [5.74, 6) is -0.449. The summed E-state index contributed by atoms with van der Waals surface area (Å²) >= 11 is 0. The van der Waals surface area contributed by atoms with Crippen molar-refractivity contribution in [3.8, 4) is 0 Å². The number of carbonyl (C=O) groups is 1. The van der Waals surface area contributed by atoms with E-state index in [9.17, 15) is 9.18 Å². The number of carbonyl (C=O) groups excluding carboxylic acids is 1. The molecule has 0 aliphatic carbocycles. The Morgan fingerprint density at radius 1 is 0.966 bits per heavy atom. The molecule has 3 aromatic carbocycles. The highest BCUT2D eigenvalue weighted by Gasteiger charge is 2.24. The first-order valence-electron chi connectivity index (χ1n) is 9.70. The Labute approximate surface area is 168 Å². The molecule has 1 atom stereocenters. The molecule has 4 N–H and O–H groups in total. The Morgan fingerprint density at radius 3 is 2.48 bits per heavy atom. The summed E-state index contributed by atoms with van der Waals surface area (Å²) in [6.07, 6.45) is 2.88. The molecule has 0 unspecified atom stereocenters. The molecule has 146 valence electrons. The fourth-order valence-corrected chi connectivity index (χ4v) is 3.55. The lowest BCUT2D eigenvalue weighted by Gasteiger charge is -2.16. The largest absolute Gasteiger partial charge is 0.361 e. The van der Waals surface area contributed by atoms with Gasteiger partial charge in [-0.1, -0.05) is 48.5 Å². The number of quaternary nitrogens is 1. The van der Waals surface area contributed by atoms with Gasteiger partial charge in [0.15, 0.2) is 6.04 Å². The van der Waals surface area contributed by atoms with Gasteiger partial charge in [-0.3, -0.25) is 4.79 Å². The monoisotopic (exact) mass is 388 g/mol. The highest BCUT2D eigenvalue weighted by Crippen LogP contribution is 2.18. The molecule has 1 heterocycles. The number of para-hydroxylation sites is 1. The molecule has 4 aromatic rings. The van der Waals surface area contributed by atoms with Gasteiger partial charge in [0.1, 0.15) is 5.82 Å². The highest BCUT2D eigenvalue weighted by molar-refractivity contribution is 5.94. The number of benzene rings is 3. The van der Waals surface area contributed by atoms with Crippen LogP contribution in [0, 0.1) is 5.82 Å². The van der Waals surface area contributed by atoms with Gasteiger partial charge in [0.2, 0.25) is 0 Å². The minimum atomic E-state index is -0.383. The van der Waals surface area contributed by atoms with Crippen LogP contribution in [0.3, 0.4) is 0 Å². The van der Waals surface area contributed by atoms with E-state index in [1.807, 2.05) is 48.7 Å². The Hall–Kier alpha value is -3.44. The van der Waals surface area contributed by atoms with Gasteiger partial charge in [-0.25, -0.2) is 4.39 Å². The molecule has 4 rings (SSSR count). The molecule has 1 amide bonds. The van der Waals surface area contributed by atoms with E-state index < -0.39 is 0 Å². The first-order valence-corrected chi connectivity index (χ1v) is 9.70. The lowest BCUT2D eigenvalue weighted by Crippen LogP contribution is -2.87. The lowest BCUT2D eigenvalue weighted by atomic mass is 10.0. The van der Waals surface area contributed by atoms with Crippen LogP contribution in [0.1, 0.15) is 17.2 Å². The van der Waals surface area contributed by atoms with Crippen molar-refractivity contribution in [2.45, 2.75) is 12.5 Å². The summed E-state index contributed by atoms with van der Waals surface area (Å²) in [6.45, 7) is 0.762. The zero-order valence-corrected chi connectivity index (χ0v) is 15.9. The normalized spacial score (nSPS) is 12.0. The van der Waals surface area contributed by atoms with E-state index >= 15 is 0 Å². The van der Waals surface area contributed by atoms with Gasteiger partial charge in [0.25, 0.3) is 5.91 Å². The third-order valence-electron chi connectivity index (χ3n) is 5.04. The number of hydrogen-bond acceptors (Lipinski definition) is 1. The van der Waals surface area contributed by atoms with Crippen LogP contribution >= 0.6 is 0 Å². The molecular weight excluding hydrogens is 365 g/mol. The van der Waals surface area contributed by atoms with E-state index in [1.165, 1.54) is 23.1 Å². The minimum absolute atomic E-state index is 0.123. The SMILES string of the molecule is O=C(Nc1ccc(F)cc1)[C@H]([NH2+]CCc1c[nH]c2ccccc12)c1ccccc1. The third kappa shape index (κ3) is 4.52. The number of halogens is 1. The third-order valence-corrected chi connectivity index (χ3v) is 5.04. The van der Waals surface area contributed by atoms with Crippen LogP contribution in [0.15, 0.2) is 85.1 Å². The van der Waals surface area contributed by atoms with Crippen molar-refractivity contribution in [3.05, 3.63) is 102 Å². The van der Waals surface area contributed by atoms with Crippen molar-refractivity contribution in [3.63, 3.8) is 0 Å². The number of aromatic amines is 1. The number of nitrogens with two attached hydrogens (primary N) is 1. The average Bonchev–Trinajstić information content (AvgIpc) is 3.16. The topological polar surface area (TPSA) is 61.5 Å². The van der Waals surface area contributed by atoms with E-state index in [0.29, 0.717) is 5.69 Å². The number of aromatic nitrogens is 1.